The van der Waals surface area contributed by atoms with Gasteiger partial charge in [-0.15, -0.1) is 11.3 Å². The Balaban J connectivity index is 1.80. The maximum Gasteiger partial charge on any atom is 0.365 e. The zero-order chi connectivity index (χ0) is 18.2. The summed E-state index contributed by atoms with van der Waals surface area (Å²) in [5, 5.41) is 11.9. The Morgan fingerprint density at radius 3 is 2.36 bits per heavy atom. The molecular formula is C19H18N2O3S. The summed E-state index contributed by atoms with van der Waals surface area (Å²) in [6.07, 6.45) is 0. The lowest BCUT2D eigenvalue weighted by atomic mass is 9.87. The number of anilines is 1. The second-order valence-electron chi connectivity index (χ2n) is 6.79. The lowest BCUT2D eigenvalue weighted by molar-refractivity contribution is 0.0696. The molecule has 1 aromatic heterocycles. The molecule has 2 N–H and O–H groups in total. The van der Waals surface area contributed by atoms with Crippen LogP contribution in [-0.2, 0) is 5.41 Å². The molecule has 0 saturated carbocycles. The van der Waals surface area contributed by atoms with Crippen LogP contribution < -0.4 is 5.32 Å². The van der Waals surface area contributed by atoms with Gasteiger partial charge in [0.25, 0.3) is 5.91 Å². The fourth-order valence-electron chi connectivity index (χ4n) is 2.42. The third-order valence-electron chi connectivity index (χ3n) is 3.84. The van der Waals surface area contributed by atoms with Crippen LogP contribution in [0.2, 0.25) is 0 Å². The van der Waals surface area contributed by atoms with E-state index in [1.165, 1.54) is 0 Å². The van der Waals surface area contributed by atoms with Crippen molar-refractivity contribution in [2.75, 3.05) is 5.32 Å². The van der Waals surface area contributed by atoms with Crippen LogP contribution in [0.4, 0.5) is 5.69 Å². The van der Waals surface area contributed by atoms with Crippen molar-refractivity contribution in [1.82, 2.24) is 4.98 Å². The average molecular weight is 354 g/mol. The van der Waals surface area contributed by atoms with Crippen molar-refractivity contribution < 1.29 is 14.7 Å². The van der Waals surface area contributed by atoms with Crippen molar-refractivity contribution >= 4 is 39.1 Å². The van der Waals surface area contributed by atoms with E-state index in [2.05, 4.69) is 31.1 Å². The summed E-state index contributed by atoms with van der Waals surface area (Å²) in [6.45, 7) is 6.36. The van der Waals surface area contributed by atoms with Gasteiger partial charge in [0.05, 0.1) is 10.2 Å². The number of benzene rings is 2. The van der Waals surface area contributed by atoms with Crippen molar-refractivity contribution in [3.05, 3.63) is 58.6 Å². The molecule has 3 rings (SSSR count). The molecular weight excluding hydrogens is 336 g/mol. The van der Waals surface area contributed by atoms with Crippen LogP contribution in [0.5, 0.6) is 0 Å². The van der Waals surface area contributed by atoms with Gasteiger partial charge >= 0.3 is 5.97 Å². The highest BCUT2D eigenvalue weighted by Gasteiger charge is 2.15. The number of thiazole rings is 1. The number of hydrogen-bond donors (Lipinski definition) is 2. The van der Waals surface area contributed by atoms with E-state index in [-0.39, 0.29) is 16.3 Å². The van der Waals surface area contributed by atoms with Crippen LogP contribution in [0.1, 0.15) is 46.5 Å². The van der Waals surface area contributed by atoms with E-state index >= 15 is 0 Å². The van der Waals surface area contributed by atoms with Crippen molar-refractivity contribution in [3.63, 3.8) is 0 Å². The van der Waals surface area contributed by atoms with E-state index in [4.69, 9.17) is 5.11 Å². The Bertz CT molecular complexity index is 953. The fourth-order valence-corrected chi connectivity index (χ4v) is 3.21. The molecule has 0 bridgehead atoms. The highest BCUT2D eigenvalue weighted by Crippen LogP contribution is 2.26. The molecule has 0 aliphatic carbocycles. The summed E-state index contributed by atoms with van der Waals surface area (Å²) in [5.74, 6) is -1.26. The van der Waals surface area contributed by atoms with Crippen molar-refractivity contribution in [3.8, 4) is 0 Å². The van der Waals surface area contributed by atoms with E-state index in [1.807, 2.05) is 12.1 Å². The summed E-state index contributed by atoms with van der Waals surface area (Å²) in [5.41, 5.74) is 2.90. The maximum atomic E-state index is 12.4. The lowest BCUT2D eigenvalue weighted by Gasteiger charge is -2.19. The van der Waals surface area contributed by atoms with Gasteiger partial charge < -0.3 is 10.4 Å². The Morgan fingerprint density at radius 1 is 1.08 bits per heavy atom. The molecule has 128 valence electrons. The molecule has 0 aliphatic rings. The molecule has 0 fully saturated rings. The lowest BCUT2D eigenvalue weighted by Crippen LogP contribution is -2.14. The number of nitrogens with zero attached hydrogens (tertiary/aromatic N) is 1. The predicted molar refractivity (Wildman–Crippen MR) is 99.7 cm³/mol. The Morgan fingerprint density at radius 2 is 1.76 bits per heavy atom. The maximum absolute atomic E-state index is 12.4. The Hall–Kier alpha value is -2.73. The topological polar surface area (TPSA) is 79.3 Å². The number of carboxylic acids is 1. The first kappa shape index (κ1) is 17.1. The van der Waals surface area contributed by atoms with Gasteiger partial charge in [0, 0.05) is 11.3 Å². The predicted octanol–water partition coefficient (Wildman–Crippen LogP) is 4.54. The highest BCUT2D eigenvalue weighted by atomic mass is 32.1. The molecule has 25 heavy (non-hydrogen) atoms. The standard InChI is InChI=1S/C19H18N2O3S/c1-19(2,3)12-6-4-11(5-7-12)16(22)20-13-8-9-15-14(10-13)21-17(25-15)18(23)24/h4-10H,1-3H3,(H,20,22)(H,23,24). The average Bonchev–Trinajstić information content (AvgIpc) is 2.98. The summed E-state index contributed by atoms with van der Waals surface area (Å²) in [4.78, 5) is 27.5. The minimum atomic E-state index is -1.05. The van der Waals surface area contributed by atoms with E-state index in [9.17, 15) is 9.59 Å². The van der Waals surface area contributed by atoms with Crippen molar-refractivity contribution in [2.24, 2.45) is 0 Å². The van der Waals surface area contributed by atoms with Gasteiger partial charge in [-0.1, -0.05) is 32.9 Å². The number of rotatable bonds is 3. The number of fused-ring (bicyclic) bond motifs is 1. The van der Waals surface area contributed by atoms with Crippen molar-refractivity contribution in [1.29, 1.82) is 0 Å². The largest absolute Gasteiger partial charge is 0.476 e. The molecule has 5 nitrogen and oxygen atoms in total. The quantitative estimate of drug-likeness (QED) is 0.723. The molecule has 0 saturated heterocycles. The first-order valence-corrected chi connectivity index (χ1v) is 8.61. The molecule has 6 heteroatoms. The smallest absolute Gasteiger partial charge is 0.365 e. The SMILES string of the molecule is CC(C)(C)c1ccc(C(=O)Nc2ccc3sc(C(=O)O)nc3c2)cc1. The molecule has 0 atom stereocenters. The molecule has 0 aliphatic heterocycles. The second-order valence-corrected chi connectivity index (χ2v) is 7.82. The van der Waals surface area contributed by atoms with Gasteiger partial charge in [0.1, 0.15) is 0 Å². The summed E-state index contributed by atoms with van der Waals surface area (Å²) < 4.78 is 0.768. The number of nitrogens with one attached hydrogen (secondary N) is 1. The first-order chi connectivity index (χ1) is 11.7. The van der Waals surface area contributed by atoms with Gasteiger partial charge in [-0.05, 0) is 41.3 Å². The summed E-state index contributed by atoms with van der Waals surface area (Å²) >= 11 is 1.11. The number of aromatic carboxylic acids is 1. The number of carbonyl (C=O) groups excluding carboxylic acids is 1. The third-order valence-corrected chi connectivity index (χ3v) is 4.87. The number of amides is 1. The molecule has 0 spiro atoms. The van der Waals surface area contributed by atoms with Crippen LogP contribution in [-0.4, -0.2) is 22.0 Å². The van der Waals surface area contributed by atoms with Crippen LogP contribution in [0, 0.1) is 0 Å². The Labute approximate surface area is 149 Å². The Kier molecular flexibility index (Phi) is 4.30. The van der Waals surface area contributed by atoms with Gasteiger partial charge in [0.15, 0.2) is 0 Å². The molecule has 0 radical (unpaired) electrons. The number of aromatic nitrogens is 1. The van der Waals surface area contributed by atoms with E-state index in [0.29, 0.717) is 16.8 Å². The number of carboxylic acid groups (broad SMARTS) is 1. The second kappa shape index (κ2) is 6.29. The van der Waals surface area contributed by atoms with Gasteiger partial charge in [0.2, 0.25) is 5.01 Å². The van der Waals surface area contributed by atoms with E-state index < -0.39 is 5.97 Å². The van der Waals surface area contributed by atoms with Crippen LogP contribution >= 0.6 is 11.3 Å². The van der Waals surface area contributed by atoms with Crippen LogP contribution in [0.15, 0.2) is 42.5 Å². The normalized spacial score (nSPS) is 11.5. The van der Waals surface area contributed by atoms with Crippen molar-refractivity contribution in [2.45, 2.75) is 26.2 Å². The van der Waals surface area contributed by atoms with Gasteiger partial charge in [-0.25, -0.2) is 9.78 Å². The van der Waals surface area contributed by atoms with E-state index in [1.54, 1.807) is 30.3 Å². The number of hydrogen-bond acceptors (Lipinski definition) is 4. The minimum Gasteiger partial charge on any atom is -0.476 e. The molecule has 1 heterocycles. The third kappa shape index (κ3) is 3.69. The molecule has 1 amide bonds. The van der Waals surface area contributed by atoms with Crippen LogP contribution in [0.3, 0.4) is 0 Å². The fraction of sp³-hybridized carbons (Fsp3) is 0.211. The van der Waals surface area contributed by atoms with Gasteiger partial charge in [-0.2, -0.15) is 0 Å². The molecule has 0 unspecified atom stereocenters. The zero-order valence-corrected chi connectivity index (χ0v) is 15.0. The van der Waals surface area contributed by atoms with Gasteiger partial charge in [-0.3, -0.25) is 4.79 Å². The zero-order valence-electron chi connectivity index (χ0n) is 14.2. The monoisotopic (exact) mass is 354 g/mol. The van der Waals surface area contributed by atoms with E-state index in [0.717, 1.165) is 21.6 Å². The first-order valence-electron chi connectivity index (χ1n) is 7.80. The highest BCUT2D eigenvalue weighted by molar-refractivity contribution is 7.20. The summed E-state index contributed by atoms with van der Waals surface area (Å²) in [7, 11) is 0. The minimum absolute atomic E-state index is 0.0342. The van der Waals surface area contributed by atoms with Crippen LogP contribution in [0.25, 0.3) is 10.2 Å². The number of carbonyl (C=O) groups is 2. The summed E-state index contributed by atoms with van der Waals surface area (Å²) in [6, 6.07) is 12.7. The molecule has 2 aromatic carbocycles. The molecule has 3 aromatic rings.